The van der Waals surface area contributed by atoms with Crippen LogP contribution in [0.25, 0.3) is 0 Å². The average Bonchev–Trinajstić information content (AvgIpc) is 2.63. The molecule has 0 bridgehead atoms. The molecule has 0 amide bonds. The van der Waals surface area contributed by atoms with Gasteiger partial charge in [0, 0.05) is 20.1 Å². The minimum Gasteiger partial charge on any atom is -0.409 e. The molecule has 5 N–H and O–H groups in total. The minimum absolute atomic E-state index is 0.0449. The minimum atomic E-state index is -0.0696. The summed E-state index contributed by atoms with van der Waals surface area (Å²) in [4.78, 5) is 1.73. The molecule has 0 aliphatic heterocycles. The topological polar surface area (TPSA) is 120 Å². The standard InChI is InChI=1S/C10H19N5O3/c1-7-8(9(11)13-18)10(14(2)12-7)15(3-5-16)4-6-17/h16-18H,3-6H2,1-2H3,(H2,11,13). The zero-order chi connectivity index (χ0) is 13.7. The molecule has 0 saturated heterocycles. The van der Waals surface area contributed by atoms with Gasteiger partial charge in [0.25, 0.3) is 0 Å². The highest BCUT2D eigenvalue weighted by Gasteiger charge is 2.21. The number of hydrogen-bond acceptors (Lipinski definition) is 6. The van der Waals surface area contributed by atoms with E-state index in [0.29, 0.717) is 30.2 Å². The fraction of sp³-hybridized carbons (Fsp3) is 0.600. The van der Waals surface area contributed by atoms with E-state index in [1.165, 1.54) is 0 Å². The number of hydrogen-bond donors (Lipinski definition) is 4. The molecule has 1 aromatic heterocycles. The zero-order valence-corrected chi connectivity index (χ0v) is 10.5. The van der Waals surface area contributed by atoms with Crippen LogP contribution in [0.15, 0.2) is 5.16 Å². The number of aromatic nitrogens is 2. The fourth-order valence-electron chi connectivity index (χ4n) is 1.92. The van der Waals surface area contributed by atoms with Crippen molar-refractivity contribution in [3.05, 3.63) is 11.3 Å². The van der Waals surface area contributed by atoms with Gasteiger partial charge in [-0.3, -0.25) is 4.68 Å². The van der Waals surface area contributed by atoms with Gasteiger partial charge in [-0.2, -0.15) is 5.10 Å². The summed E-state index contributed by atoms with van der Waals surface area (Å²) in [7, 11) is 1.72. The lowest BCUT2D eigenvalue weighted by Gasteiger charge is -2.23. The molecule has 8 heteroatoms. The van der Waals surface area contributed by atoms with Crippen molar-refractivity contribution in [2.75, 3.05) is 31.2 Å². The van der Waals surface area contributed by atoms with Crippen LogP contribution in [0.2, 0.25) is 0 Å². The third kappa shape index (κ3) is 2.71. The summed E-state index contributed by atoms with van der Waals surface area (Å²) in [6.07, 6.45) is 0. The van der Waals surface area contributed by atoms with Crippen LogP contribution in [0.1, 0.15) is 11.3 Å². The molecule has 0 fully saturated rings. The van der Waals surface area contributed by atoms with Crippen molar-refractivity contribution in [2.45, 2.75) is 6.92 Å². The van der Waals surface area contributed by atoms with Crippen molar-refractivity contribution in [1.82, 2.24) is 9.78 Å². The molecule has 0 unspecified atom stereocenters. The van der Waals surface area contributed by atoms with Crippen molar-refractivity contribution in [2.24, 2.45) is 17.9 Å². The molecular formula is C10H19N5O3. The summed E-state index contributed by atoms with van der Waals surface area (Å²) < 4.78 is 1.58. The first-order valence-corrected chi connectivity index (χ1v) is 5.55. The second kappa shape index (κ2) is 6.22. The Kier molecular flexibility index (Phi) is 4.93. The summed E-state index contributed by atoms with van der Waals surface area (Å²) in [5.74, 6) is 0.558. The Labute approximate surface area is 105 Å². The number of oxime groups is 1. The molecule has 102 valence electrons. The molecule has 1 aromatic rings. The van der Waals surface area contributed by atoms with Gasteiger partial charge in [0.05, 0.1) is 24.5 Å². The van der Waals surface area contributed by atoms with E-state index < -0.39 is 0 Å². The number of nitrogens with two attached hydrogens (primary N) is 1. The quantitative estimate of drug-likeness (QED) is 0.216. The van der Waals surface area contributed by atoms with Gasteiger partial charge < -0.3 is 26.1 Å². The second-order valence-electron chi connectivity index (χ2n) is 3.83. The lowest BCUT2D eigenvalue weighted by molar-refractivity contribution is 0.280. The number of anilines is 1. The van der Waals surface area contributed by atoms with Crippen LogP contribution < -0.4 is 10.6 Å². The second-order valence-corrected chi connectivity index (χ2v) is 3.83. The van der Waals surface area contributed by atoms with Crippen molar-refractivity contribution in [1.29, 1.82) is 0 Å². The highest BCUT2D eigenvalue weighted by Crippen LogP contribution is 2.22. The van der Waals surface area contributed by atoms with Gasteiger partial charge in [-0.15, -0.1) is 0 Å². The van der Waals surface area contributed by atoms with Gasteiger partial charge in [-0.05, 0) is 6.92 Å². The summed E-state index contributed by atoms with van der Waals surface area (Å²) in [6, 6.07) is 0. The van der Waals surface area contributed by atoms with Gasteiger partial charge in [-0.25, -0.2) is 0 Å². The van der Waals surface area contributed by atoms with E-state index in [1.807, 2.05) is 0 Å². The number of amidine groups is 1. The molecule has 1 rings (SSSR count). The predicted octanol–water partition coefficient (Wildman–Crippen LogP) is -1.39. The number of aryl methyl sites for hydroxylation is 2. The van der Waals surface area contributed by atoms with Crippen LogP contribution in [0.5, 0.6) is 0 Å². The number of nitrogens with zero attached hydrogens (tertiary/aromatic N) is 4. The highest BCUT2D eigenvalue weighted by atomic mass is 16.4. The maximum absolute atomic E-state index is 9.05. The maximum Gasteiger partial charge on any atom is 0.175 e. The van der Waals surface area contributed by atoms with Crippen LogP contribution in [-0.2, 0) is 7.05 Å². The third-order valence-corrected chi connectivity index (χ3v) is 2.60. The maximum atomic E-state index is 9.05. The molecule has 1 heterocycles. The Morgan fingerprint density at radius 1 is 1.39 bits per heavy atom. The van der Waals surface area contributed by atoms with Crippen LogP contribution in [0, 0.1) is 6.92 Å². The molecule has 0 atom stereocenters. The van der Waals surface area contributed by atoms with E-state index in [-0.39, 0.29) is 19.0 Å². The molecule has 0 saturated carbocycles. The smallest absolute Gasteiger partial charge is 0.175 e. The molecule has 0 radical (unpaired) electrons. The van der Waals surface area contributed by atoms with Gasteiger partial charge in [-0.1, -0.05) is 5.16 Å². The first-order chi connectivity index (χ1) is 8.56. The van der Waals surface area contributed by atoms with E-state index in [0.717, 1.165) is 0 Å². The summed E-state index contributed by atoms with van der Waals surface area (Å²) >= 11 is 0. The number of aliphatic hydroxyl groups excluding tert-OH is 2. The van der Waals surface area contributed by atoms with E-state index in [2.05, 4.69) is 10.3 Å². The highest BCUT2D eigenvalue weighted by molar-refractivity contribution is 6.02. The molecule has 18 heavy (non-hydrogen) atoms. The molecule has 0 aromatic carbocycles. The summed E-state index contributed by atoms with van der Waals surface area (Å²) in [5, 5.41) is 34.1. The molecule has 0 spiro atoms. The van der Waals surface area contributed by atoms with Crippen LogP contribution in [0.3, 0.4) is 0 Å². The summed E-state index contributed by atoms with van der Waals surface area (Å²) in [6.45, 7) is 2.25. The molecule has 0 aliphatic rings. The van der Waals surface area contributed by atoms with Gasteiger partial charge >= 0.3 is 0 Å². The zero-order valence-electron chi connectivity index (χ0n) is 10.5. The van der Waals surface area contributed by atoms with E-state index >= 15 is 0 Å². The number of rotatable bonds is 6. The lowest BCUT2D eigenvalue weighted by atomic mass is 10.2. The summed E-state index contributed by atoms with van der Waals surface area (Å²) in [5.41, 5.74) is 6.75. The lowest BCUT2D eigenvalue weighted by Crippen LogP contribution is -2.33. The Bertz CT molecular complexity index is 423. The van der Waals surface area contributed by atoms with Crippen molar-refractivity contribution >= 4 is 11.7 Å². The molecule has 0 aliphatic carbocycles. The molecule has 8 nitrogen and oxygen atoms in total. The van der Waals surface area contributed by atoms with Gasteiger partial charge in [0.1, 0.15) is 5.82 Å². The normalized spacial score (nSPS) is 11.9. The number of aliphatic hydroxyl groups is 2. The van der Waals surface area contributed by atoms with E-state index in [1.54, 1.807) is 23.6 Å². The van der Waals surface area contributed by atoms with Gasteiger partial charge in [0.15, 0.2) is 5.84 Å². The largest absolute Gasteiger partial charge is 0.409 e. The van der Waals surface area contributed by atoms with Crippen LogP contribution >= 0.6 is 0 Å². The van der Waals surface area contributed by atoms with Crippen molar-refractivity contribution in [3.8, 4) is 0 Å². The van der Waals surface area contributed by atoms with Crippen molar-refractivity contribution in [3.63, 3.8) is 0 Å². The Morgan fingerprint density at radius 2 is 1.94 bits per heavy atom. The average molecular weight is 257 g/mol. The third-order valence-electron chi connectivity index (χ3n) is 2.60. The van der Waals surface area contributed by atoms with Gasteiger partial charge in [0.2, 0.25) is 0 Å². The van der Waals surface area contributed by atoms with Crippen LogP contribution in [-0.4, -0.2) is 57.3 Å². The Balaban J connectivity index is 3.27. The van der Waals surface area contributed by atoms with Crippen molar-refractivity contribution < 1.29 is 15.4 Å². The monoisotopic (exact) mass is 257 g/mol. The Morgan fingerprint density at radius 3 is 2.39 bits per heavy atom. The first kappa shape index (κ1) is 14.3. The van der Waals surface area contributed by atoms with Crippen LogP contribution in [0.4, 0.5) is 5.82 Å². The Hall–Kier alpha value is -1.80. The van der Waals surface area contributed by atoms with E-state index in [9.17, 15) is 0 Å². The first-order valence-electron chi connectivity index (χ1n) is 5.55. The SMILES string of the molecule is Cc1nn(C)c(N(CCO)CCO)c1C(N)=NO. The molecular weight excluding hydrogens is 238 g/mol. The predicted molar refractivity (Wildman–Crippen MR) is 66.8 cm³/mol. The van der Waals surface area contributed by atoms with E-state index in [4.69, 9.17) is 21.2 Å². The fourth-order valence-corrected chi connectivity index (χ4v) is 1.92.